The lowest BCUT2D eigenvalue weighted by molar-refractivity contribution is 0.400. The average molecular weight is 661 g/mol. The summed E-state index contributed by atoms with van der Waals surface area (Å²) in [5.74, 6) is 0. The SMILES string of the molecule is CC1(C)CCN2CCC(C)(C)c3c2c1cc1c3oc2cccc3c2c1c1cccc2oc4c5c6c(cc4c3c21)C(C)(C)CCN6CCC5(C)C. The summed E-state index contributed by atoms with van der Waals surface area (Å²) in [5, 5.41) is 10.1. The number of nitrogens with zero attached hydrogens (tertiary/aromatic N) is 2. The van der Waals surface area contributed by atoms with Crippen molar-refractivity contribution in [2.45, 2.75) is 103 Å². The van der Waals surface area contributed by atoms with E-state index in [0.717, 1.165) is 74.2 Å². The van der Waals surface area contributed by atoms with Crippen LogP contribution in [0.25, 0.3) is 65.4 Å². The zero-order chi connectivity index (χ0) is 34.3. The van der Waals surface area contributed by atoms with E-state index >= 15 is 0 Å². The number of hydrogen-bond acceptors (Lipinski definition) is 4. The second-order valence-corrected chi connectivity index (χ2v) is 18.9. The maximum atomic E-state index is 7.27. The van der Waals surface area contributed by atoms with E-state index < -0.39 is 0 Å². The standard InChI is InChI=1S/C46H48N2O2/c1-43(2)15-19-47-21-17-45(5,6)37-39(47)29(43)23-27-33-25-11-9-14-32-36(25)34(26-12-10-13-31(35(26)33)49-41(27)37)28-24-30-40-38(42(28)50-32)46(7,8)18-22-48(40)20-16-44(30,3)4/h9-14,23-24H,15-22H2,1-8H3. The van der Waals surface area contributed by atoms with E-state index in [2.05, 4.69) is 114 Å². The first kappa shape index (κ1) is 29.5. The number of fused-ring (bicyclic) bond motifs is 8. The number of rotatable bonds is 0. The molecule has 4 nitrogen and oxygen atoms in total. The molecule has 254 valence electrons. The van der Waals surface area contributed by atoms with Gasteiger partial charge in [-0.3, -0.25) is 0 Å². The van der Waals surface area contributed by atoms with Crippen LogP contribution in [0.5, 0.6) is 0 Å². The average Bonchev–Trinajstić information content (AvgIpc) is 3.06. The first-order chi connectivity index (χ1) is 23.8. The lowest BCUT2D eigenvalue weighted by Gasteiger charge is -2.48. The Bertz CT molecular complexity index is 2490. The smallest absolute Gasteiger partial charge is 0.141 e. The first-order valence-electron chi connectivity index (χ1n) is 19.1. The predicted molar refractivity (Wildman–Crippen MR) is 211 cm³/mol. The molecule has 0 bridgehead atoms. The molecule has 0 aliphatic carbocycles. The summed E-state index contributed by atoms with van der Waals surface area (Å²) in [6, 6.07) is 18.6. The molecule has 6 heterocycles. The highest BCUT2D eigenvalue weighted by atomic mass is 16.3. The molecule has 11 rings (SSSR count). The van der Waals surface area contributed by atoms with Gasteiger partial charge in [-0.25, -0.2) is 0 Å². The van der Waals surface area contributed by atoms with Gasteiger partial charge in [-0.15, -0.1) is 0 Å². The maximum absolute atomic E-state index is 7.27. The van der Waals surface area contributed by atoms with Crippen LogP contribution in [0.15, 0.2) is 57.4 Å². The van der Waals surface area contributed by atoms with E-state index in [9.17, 15) is 0 Å². The minimum atomic E-state index is 0.00705. The Morgan fingerprint density at radius 1 is 0.460 bits per heavy atom. The van der Waals surface area contributed by atoms with Crippen LogP contribution in [0.3, 0.4) is 0 Å². The molecule has 4 heteroatoms. The summed E-state index contributed by atoms with van der Waals surface area (Å²) in [6.07, 6.45) is 4.58. The zero-order valence-electron chi connectivity index (χ0n) is 31.0. The molecule has 0 atom stereocenters. The summed E-state index contributed by atoms with van der Waals surface area (Å²) in [6.45, 7) is 23.9. The second-order valence-electron chi connectivity index (χ2n) is 18.9. The van der Waals surface area contributed by atoms with Crippen molar-refractivity contribution in [2.24, 2.45) is 0 Å². The maximum Gasteiger partial charge on any atom is 0.141 e. The van der Waals surface area contributed by atoms with Crippen molar-refractivity contribution < 1.29 is 8.83 Å². The van der Waals surface area contributed by atoms with Gasteiger partial charge in [-0.05, 0) is 93.5 Å². The lowest BCUT2D eigenvalue weighted by Crippen LogP contribution is -2.44. The van der Waals surface area contributed by atoms with E-state index in [0.29, 0.717) is 0 Å². The van der Waals surface area contributed by atoms with Crippen LogP contribution in [0, 0.1) is 0 Å². The minimum Gasteiger partial charge on any atom is -0.456 e. The molecule has 2 aromatic heterocycles. The molecule has 4 aliphatic rings. The number of benzene rings is 5. The van der Waals surface area contributed by atoms with Gasteiger partial charge in [0.2, 0.25) is 0 Å². The highest BCUT2D eigenvalue weighted by Gasteiger charge is 2.44. The van der Waals surface area contributed by atoms with Gasteiger partial charge in [0.1, 0.15) is 22.3 Å². The monoisotopic (exact) mass is 660 g/mol. The van der Waals surface area contributed by atoms with Gasteiger partial charge in [0.25, 0.3) is 0 Å². The fourth-order valence-electron chi connectivity index (χ4n) is 10.9. The molecule has 0 unspecified atom stereocenters. The van der Waals surface area contributed by atoms with Crippen molar-refractivity contribution in [3.8, 4) is 0 Å². The zero-order valence-corrected chi connectivity index (χ0v) is 31.0. The fourth-order valence-corrected chi connectivity index (χ4v) is 10.9. The van der Waals surface area contributed by atoms with E-state index in [1.54, 1.807) is 0 Å². The first-order valence-corrected chi connectivity index (χ1v) is 19.1. The Hall–Kier alpha value is -4.18. The molecule has 4 aliphatic heterocycles. The predicted octanol–water partition coefficient (Wildman–Crippen LogP) is 12.1. The highest BCUT2D eigenvalue weighted by molar-refractivity contribution is 6.40. The lowest BCUT2D eigenvalue weighted by atomic mass is 9.68. The molecule has 0 radical (unpaired) electrons. The van der Waals surface area contributed by atoms with Crippen molar-refractivity contribution in [3.63, 3.8) is 0 Å². The van der Waals surface area contributed by atoms with E-state index in [-0.39, 0.29) is 21.7 Å². The van der Waals surface area contributed by atoms with Crippen molar-refractivity contribution in [1.82, 2.24) is 0 Å². The summed E-state index contributed by atoms with van der Waals surface area (Å²) in [7, 11) is 0. The van der Waals surface area contributed by atoms with Crippen LogP contribution in [0.1, 0.15) is 103 Å². The fraction of sp³-hybridized carbons (Fsp3) is 0.435. The molecule has 0 amide bonds. The molecule has 7 aromatic rings. The van der Waals surface area contributed by atoms with Gasteiger partial charge in [0.15, 0.2) is 0 Å². The van der Waals surface area contributed by atoms with Crippen molar-refractivity contribution in [1.29, 1.82) is 0 Å². The molecule has 0 saturated heterocycles. The van der Waals surface area contributed by atoms with Crippen LogP contribution in [0.4, 0.5) is 11.4 Å². The van der Waals surface area contributed by atoms with Crippen molar-refractivity contribution in [3.05, 3.63) is 70.8 Å². The number of anilines is 2. The van der Waals surface area contributed by atoms with Gasteiger partial charge in [-0.1, -0.05) is 79.7 Å². The van der Waals surface area contributed by atoms with Crippen LogP contribution < -0.4 is 9.80 Å². The Labute approximate surface area is 294 Å². The molecule has 0 N–H and O–H groups in total. The van der Waals surface area contributed by atoms with Gasteiger partial charge in [0, 0.05) is 81.0 Å². The summed E-state index contributed by atoms with van der Waals surface area (Å²) in [5.41, 5.74) is 12.9. The normalized spacial score (nSPS) is 21.5. The molecule has 50 heavy (non-hydrogen) atoms. The van der Waals surface area contributed by atoms with E-state index in [1.807, 2.05) is 0 Å². The van der Waals surface area contributed by atoms with Gasteiger partial charge >= 0.3 is 0 Å². The van der Waals surface area contributed by atoms with Crippen LogP contribution in [0.2, 0.25) is 0 Å². The van der Waals surface area contributed by atoms with Crippen molar-refractivity contribution in [2.75, 3.05) is 36.0 Å². The summed E-state index contributed by atoms with van der Waals surface area (Å²) < 4.78 is 14.5. The molecular weight excluding hydrogens is 613 g/mol. The van der Waals surface area contributed by atoms with Gasteiger partial charge in [0.05, 0.1) is 0 Å². The van der Waals surface area contributed by atoms with Gasteiger partial charge < -0.3 is 18.6 Å². The minimum absolute atomic E-state index is 0.00705. The quantitative estimate of drug-likeness (QED) is 0.120. The third-order valence-corrected chi connectivity index (χ3v) is 14.0. The number of hydrogen-bond donors (Lipinski definition) is 0. The third kappa shape index (κ3) is 3.49. The molecule has 0 fully saturated rings. The Morgan fingerprint density at radius 2 is 0.840 bits per heavy atom. The Morgan fingerprint density at radius 3 is 1.24 bits per heavy atom. The molecule has 0 saturated carbocycles. The van der Waals surface area contributed by atoms with E-state index in [4.69, 9.17) is 8.83 Å². The Balaban J connectivity index is 1.39. The second kappa shape index (κ2) is 8.99. The van der Waals surface area contributed by atoms with Gasteiger partial charge in [-0.2, -0.15) is 0 Å². The Kier molecular flexibility index (Phi) is 5.31. The van der Waals surface area contributed by atoms with Crippen LogP contribution in [-0.2, 0) is 21.7 Å². The molecule has 0 spiro atoms. The topological polar surface area (TPSA) is 32.8 Å². The highest BCUT2D eigenvalue weighted by Crippen LogP contribution is 2.57. The van der Waals surface area contributed by atoms with Crippen LogP contribution in [-0.4, -0.2) is 26.2 Å². The molecular formula is C46H48N2O2. The van der Waals surface area contributed by atoms with Crippen molar-refractivity contribution >= 4 is 76.8 Å². The summed E-state index contributed by atoms with van der Waals surface area (Å²) in [4.78, 5) is 5.31. The third-order valence-electron chi connectivity index (χ3n) is 14.0. The van der Waals surface area contributed by atoms with E-state index in [1.165, 1.54) is 76.7 Å². The molecule has 5 aromatic carbocycles. The largest absolute Gasteiger partial charge is 0.456 e. The summed E-state index contributed by atoms with van der Waals surface area (Å²) >= 11 is 0. The van der Waals surface area contributed by atoms with Crippen LogP contribution >= 0.6 is 0 Å².